The molecule has 1 unspecified atom stereocenters. The number of carboxylic acids is 1. The van der Waals surface area contributed by atoms with E-state index in [9.17, 15) is 19.5 Å². The monoisotopic (exact) mass is 378 g/mol. The van der Waals surface area contributed by atoms with Crippen molar-refractivity contribution in [1.29, 1.82) is 0 Å². The van der Waals surface area contributed by atoms with Gasteiger partial charge in [0.05, 0.1) is 12.5 Å². The second kappa shape index (κ2) is 8.71. The summed E-state index contributed by atoms with van der Waals surface area (Å²) in [5.74, 6) is -2.17. The molecular weight excluding hydrogens is 360 g/mol. The van der Waals surface area contributed by atoms with Crippen LogP contribution in [0.2, 0.25) is 0 Å². The summed E-state index contributed by atoms with van der Waals surface area (Å²) in [6.07, 6.45) is -0.189. The maximum absolute atomic E-state index is 12.1. The molecule has 6 N–H and O–H groups in total. The molecule has 12 nitrogen and oxygen atoms in total. The zero-order valence-electron chi connectivity index (χ0n) is 14.2. The molecule has 0 aliphatic rings. The number of aliphatic hydroxyl groups is 1. The first-order valence-electron chi connectivity index (χ1n) is 7.79. The number of carbonyl (C=O) groups is 3. The molecule has 27 heavy (non-hydrogen) atoms. The number of amides is 3. The van der Waals surface area contributed by atoms with Crippen LogP contribution in [0.15, 0.2) is 28.9 Å². The van der Waals surface area contributed by atoms with E-state index in [2.05, 4.69) is 25.8 Å². The van der Waals surface area contributed by atoms with Gasteiger partial charge in [0.2, 0.25) is 17.6 Å². The van der Waals surface area contributed by atoms with Crippen LogP contribution < -0.4 is 16.4 Å². The smallest absolute Gasteiger partial charge is 0.328 e. The quantitative estimate of drug-likeness (QED) is 0.390. The van der Waals surface area contributed by atoms with E-state index < -0.39 is 36.1 Å². The van der Waals surface area contributed by atoms with Gasteiger partial charge in [-0.3, -0.25) is 9.78 Å². The first-order valence-corrected chi connectivity index (χ1v) is 7.79. The normalized spacial score (nSPS) is 14.0. The van der Waals surface area contributed by atoms with Crippen LogP contribution in [0.25, 0.3) is 11.5 Å². The zero-order chi connectivity index (χ0) is 20.0. The van der Waals surface area contributed by atoms with Crippen LogP contribution in [0.4, 0.5) is 4.79 Å². The highest BCUT2D eigenvalue weighted by atomic mass is 16.5. The van der Waals surface area contributed by atoms with Gasteiger partial charge >= 0.3 is 12.0 Å². The van der Waals surface area contributed by atoms with Crippen molar-refractivity contribution >= 4 is 17.9 Å². The fourth-order valence-electron chi connectivity index (χ4n) is 2.11. The van der Waals surface area contributed by atoms with E-state index >= 15 is 0 Å². The molecule has 0 saturated heterocycles. The summed E-state index contributed by atoms with van der Waals surface area (Å²) in [5.41, 5.74) is 5.59. The van der Waals surface area contributed by atoms with Crippen LogP contribution in [-0.2, 0) is 9.59 Å². The highest BCUT2D eigenvalue weighted by Gasteiger charge is 2.28. The van der Waals surface area contributed by atoms with Crippen molar-refractivity contribution in [3.8, 4) is 11.5 Å². The zero-order valence-corrected chi connectivity index (χ0v) is 14.2. The molecule has 0 aliphatic heterocycles. The number of rotatable bonds is 8. The molecule has 3 atom stereocenters. The van der Waals surface area contributed by atoms with Crippen LogP contribution in [0.3, 0.4) is 0 Å². The maximum atomic E-state index is 12.1. The number of urea groups is 1. The van der Waals surface area contributed by atoms with Gasteiger partial charge in [-0.1, -0.05) is 11.2 Å². The summed E-state index contributed by atoms with van der Waals surface area (Å²) in [7, 11) is 0. The van der Waals surface area contributed by atoms with Gasteiger partial charge in [-0.05, 0) is 19.1 Å². The SMILES string of the molecule is CC(O)[C@H](NC(=O)N[C@@H](CC(N)=O)c1nc(-c2ccccn2)no1)C(=O)O. The first kappa shape index (κ1) is 19.8. The Kier molecular flexibility index (Phi) is 6.38. The molecule has 12 heteroatoms. The molecule has 0 aromatic carbocycles. The van der Waals surface area contributed by atoms with Crippen LogP contribution >= 0.6 is 0 Å². The summed E-state index contributed by atoms with van der Waals surface area (Å²) in [5, 5.41) is 26.5. The topological polar surface area (TPSA) is 194 Å². The minimum Gasteiger partial charge on any atom is -0.480 e. The van der Waals surface area contributed by atoms with Crippen molar-refractivity contribution in [2.75, 3.05) is 0 Å². The van der Waals surface area contributed by atoms with Crippen LogP contribution in [-0.4, -0.2) is 55.4 Å². The number of aliphatic carboxylic acids is 1. The number of pyridine rings is 1. The Labute approximate surface area is 152 Å². The number of carbonyl (C=O) groups excluding carboxylic acids is 2. The van der Waals surface area contributed by atoms with Crippen molar-refractivity contribution in [3.63, 3.8) is 0 Å². The second-order valence-electron chi connectivity index (χ2n) is 5.57. The number of hydrogen-bond donors (Lipinski definition) is 5. The number of nitrogens with two attached hydrogens (primary N) is 1. The number of aromatic nitrogens is 3. The predicted molar refractivity (Wildman–Crippen MR) is 88.9 cm³/mol. The van der Waals surface area contributed by atoms with Crippen molar-refractivity contribution in [3.05, 3.63) is 30.3 Å². The van der Waals surface area contributed by atoms with Gasteiger partial charge in [-0.15, -0.1) is 0 Å². The van der Waals surface area contributed by atoms with Crippen molar-refractivity contribution in [2.24, 2.45) is 5.73 Å². The Morgan fingerprint density at radius 1 is 1.30 bits per heavy atom. The number of carboxylic acid groups (broad SMARTS) is 1. The van der Waals surface area contributed by atoms with E-state index in [1.54, 1.807) is 18.2 Å². The van der Waals surface area contributed by atoms with Gasteiger partial charge in [0.1, 0.15) is 11.7 Å². The number of nitrogens with zero attached hydrogens (tertiary/aromatic N) is 3. The Morgan fingerprint density at radius 2 is 2.04 bits per heavy atom. The minimum absolute atomic E-state index is 0.117. The molecule has 2 heterocycles. The summed E-state index contributed by atoms with van der Waals surface area (Å²) >= 11 is 0. The highest BCUT2D eigenvalue weighted by molar-refractivity contribution is 5.83. The highest BCUT2D eigenvalue weighted by Crippen LogP contribution is 2.19. The molecule has 0 bridgehead atoms. The lowest BCUT2D eigenvalue weighted by molar-refractivity contribution is -0.141. The average molecular weight is 378 g/mol. The molecule has 2 rings (SSSR count). The lowest BCUT2D eigenvalue weighted by Crippen LogP contribution is -2.52. The second-order valence-corrected chi connectivity index (χ2v) is 5.57. The first-order chi connectivity index (χ1) is 12.8. The van der Waals surface area contributed by atoms with E-state index in [4.69, 9.17) is 15.4 Å². The number of nitrogens with one attached hydrogen (secondary N) is 2. The number of hydrogen-bond acceptors (Lipinski definition) is 8. The van der Waals surface area contributed by atoms with Crippen molar-refractivity contribution in [1.82, 2.24) is 25.8 Å². The predicted octanol–water partition coefficient (Wildman–Crippen LogP) is -0.819. The van der Waals surface area contributed by atoms with E-state index in [-0.39, 0.29) is 18.1 Å². The Morgan fingerprint density at radius 3 is 2.59 bits per heavy atom. The van der Waals surface area contributed by atoms with Crippen LogP contribution in [0.5, 0.6) is 0 Å². The molecular formula is C15H18N6O6. The lowest BCUT2D eigenvalue weighted by atomic mass is 10.2. The van der Waals surface area contributed by atoms with E-state index in [1.165, 1.54) is 13.1 Å². The van der Waals surface area contributed by atoms with Gasteiger partial charge in [0, 0.05) is 6.20 Å². The average Bonchev–Trinajstić information content (AvgIpc) is 3.09. The number of primary amides is 1. The van der Waals surface area contributed by atoms with Gasteiger partial charge < -0.3 is 31.1 Å². The third-order valence-corrected chi connectivity index (χ3v) is 3.38. The molecule has 144 valence electrons. The summed E-state index contributed by atoms with van der Waals surface area (Å²) in [6, 6.07) is 1.44. The van der Waals surface area contributed by atoms with Crippen molar-refractivity contribution in [2.45, 2.75) is 31.5 Å². The largest absolute Gasteiger partial charge is 0.480 e. The van der Waals surface area contributed by atoms with Gasteiger partial charge in [-0.2, -0.15) is 4.98 Å². The Hall–Kier alpha value is -3.54. The molecule has 2 aromatic rings. The summed E-state index contributed by atoms with van der Waals surface area (Å²) in [6.45, 7) is 1.21. The van der Waals surface area contributed by atoms with Crippen LogP contribution in [0.1, 0.15) is 25.3 Å². The van der Waals surface area contributed by atoms with E-state index in [0.29, 0.717) is 5.69 Å². The molecule has 0 saturated carbocycles. The Bertz CT molecular complexity index is 808. The van der Waals surface area contributed by atoms with Gasteiger partial charge in [-0.25, -0.2) is 9.59 Å². The third-order valence-electron chi connectivity index (χ3n) is 3.38. The number of aliphatic hydroxyl groups excluding tert-OH is 1. The third kappa shape index (κ3) is 5.47. The molecule has 0 fully saturated rings. The van der Waals surface area contributed by atoms with Gasteiger partial charge in [0.15, 0.2) is 6.04 Å². The van der Waals surface area contributed by atoms with Crippen molar-refractivity contribution < 1.29 is 29.1 Å². The minimum atomic E-state index is -1.55. The van der Waals surface area contributed by atoms with E-state index in [0.717, 1.165) is 0 Å². The molecule has 0 aliphatic carbocycles. The molecule has 2 aromatic heterocycles. The fraction of sp³-hybridized carbons (Fsp3) is 0.333. The Balaban J connectivity index is 2.16. The van der Waals surface area contributed by atoms with Crippen LogP contribution in [0, 0.1) is 0 Å². The summed E-state index contributed by atoms with van der Waals surface area (Å²) < 4.78 is 5.07. The fourth-order valence-corrected chi connectivity index (χ4v) is 2.11. The van der Waals surface area contributed by atoms with E-state index in [1.807, 2.05) is 0 Å². The maximum Gasteiger partial charge on any atom is 0.328 e. The molecule has 0 radical (unpaired) electrons. The molecule has 3 amide bonds. The lowest BCUT2D eigenvalue weighted by Gasteiger charge is -2.19. The standard InChI is InChI=1S/C15H18N6O6/c1-7(22)11(14(24)25)19-15(26)18-9(6-10(16)23)13-20-12(21-27-13)8-4-2-3-5-17-8/h2-5,7,9,11,22H,6H2,1H3,(H2,16,23)(H,24,25)(H2,18,19,26)/t7?,9-,11-/m0/s1. The van der Waals surface area contributed by atoms with Gasteiger partial charge in [0.25, 0.3) is 0 Å². The summed E-state index contributed by atoms with van der Waals surface area (Å²) in [4.78, 5) is 42.5. The molecule has 0 spiro atoms.